The molecule has 2 fully saturated rings. The highest BCUT2D eigenvalue weighted by Gasteiger charge is 2.41. The second-order valence-corrected chi connectivity index (χ2v) is 13.1. The summed E-state index contributed by atoms with van der Waals surface area (Å²) in [5, 5.41) is 9.70. The number of hydrogen-bond acceptors (Lipinski definition) is 5. The predicted molar refractivity (Wildman–Crippen MR) is 171 cm³/mol. The van der Waals surface area contributed by atoms with Crippen molar-refractivity contribution in [3.05, 3.63) is 77.4 Å². The van der Waals surface area contributed by atoms with Crippen molar-refractivity contribution in [3.8, 4) is 0 Å². The van der Waals surface area contributed by atoms with Gasteiger partial charge in [0.25, 0.3) is 0 Å². The molecule has 8 heteroatoms. The highest BCUT2D eigenvalue weighted by molar-refractivity contribution is 5.93. The number of fused-ring (bicyclic) bond motifs is 2. The molecule has 3 amide bonds. The molecule has 3 atom stereocenters. The molecule has 2 saturated heterocycles. The summed E-state index contributed by atoms with van der Waals surface area (Å²) < 4.78 is 5.62. The molecule has 8 nitrogen and oxygen atoms in total. The SMILES string of the molecule is O=C(CN1CC[C@@H]2NC(=O)[C@H](Cc3ccccc3)NC(=O)C3(C/C=C/C[C@@H]2C1)CCOCC3)Nc1cccc2c1CCCC2. The van der Waals surface area contributed by atoms with E-state index in [1.54, 1.807) is 0 Å². The van der Waals surface area contributed by atoms with Gasteiger partial charge in [-0.1, -0.05) is 54.6 Å². The first-order valence-electron chi connectivity index (χ1n) is 16.5. The fourth-order valence-corrected chi connectivity index (χ4v) is 7.49. The van der Waals surface area contributed by atoms with Gasteiger partial charge in [-0.3, -0.25) is 19.3 Å². The van der Waals surface area contributed by atoms with Crippen LogP contribution in [0, 0.1) is 11.3 Å². The van der Waals surface area contributed by atoms with Crippen LogP contribution in [0.1, 0.15) is 61.6 Å². The molecule has 1 aliphatic carbocycles. The van der Waals surface area contributed by atoms with E-state index in [2.05, 4.69) is 39.1 Å². The Labute approximate surface area is 261 Å². The quantitative estimate of drug-likeness (QED) is 0.449. The van der Waals surface area contributed by atoms with Crippen molar-refractivity contribution < 1.29 is 19.1 Å². The Hall–Kier alpha value is -3.49. The lowest BCUT2D eigenvalue weighted by Crippen LogP contribution is -2.58. The van der Waals surface area contributed by atoms with Crippen molar-refractivity contribution >= 4 is 23.4 Å². The zero-order chi connectivity index (χ0) is 30.4. The van der Waals surface area contributed by atoms with Gasteiger partial charge >= 0.3 is 0 Å². The van der Waals surface area contributed by atoms with Crippen LogP contribution in [0.4, 0.5) is 5.69 Å². The monoisotopic (exact) mass is 598 g/mol. The maximum Gasteiger partial charge on any atom is 0.243 e. The number of carbonyl (C=O) groups excluding carboxylic acids is 3. The Morgan fingerprint density at radius 2 is 1.80 bits per heavy atom. The first-order valence-corrected chi connectivity index (χ1v) is 16.5. The molecular weight excluding hydrogens is 552 g/mol. The Morgan fingerprint density at radius 3 is 2.64 bits per heavy atom. The third-order valence-electron chi connectivity index (χ3n) is 10.1. The standard InChI is InChI=1S/C36H46N4O4/c41-33(37-31-15-8-13-27-11-4-5-14-29(27)31)25-40-20-16-30-28(24-40)12-6-7-17-36(18-21-44-22-19-36)35(43)39-32(34(42)38-30)23-26-9-2-1-3-10-26/h1-3,6-10,13,15,28,30,32H,4-5,11-12,14,16-25H2,(H,37,41)(H,38,42)(H,39,43)/b7-6+/t28-,30+,32+/m1/s1. The molecule has 0 aromatic heterocycles. The number of likely N-dealkylation sites (tertiary alicyclic amines) is 1. The number of amides is 3. The molecule has 3 aliphatic heterocycles. The van der Waals surface area contributed by atoms with E-state index in [9.17, 15) is 14.4 Å². The molecule has 3 heterocycles. The first kappa shape index (κ1) is 30.5. The third-order valence-corrected chi connectivity index (χ3v) is 10.1. The van der Waals surface area contributed by atoms with Crippen LogP contribution < -0.4 is 16.0 Å². The van der Waals surface area contributed by atoms with Crippen molar-refractivity contribution in [2.24, 2.45) is 11.3 Å². The molecule has 44 heavy (non-hydrogen) atoms. The van der Waals surface area contributed by atoms with Gasteiger partial charge in [-0.25, -0.2) is 0 Å². The number of hydrogen-bond donors (Lipinski definition) is 3. The summed E-state index contributed by atoms with van der Waals surface area (Å²) in [6.45, 7) is 2.88. The molecule has 3 N–H and O–H groups in total. The lowest BCUT2D eigenvalue weighted by Gasteiger charge is -2.40. The normalized spacial score (nSPS) is 26.6. The number of allylic oxidation sites excluding steroid dienone is 2. The van der Waals surface area contributed by atoms with Crippen LogP contribution in [0.3, 0.4) is 0 Å². The van der Waals surface area contributed by atoms with Crippen LogP contribution in [0.2, 0.25) is 0 Å². The molecule has 0 saturated carbocycles. The van der Waals surface area contributed by atoms with E-state index in [0.717, 1.165) is 50.0 Å². The summed E-state index contributed by atoms with van der Waals surface area (Å²) in [5.74, 6) is -0.00944. The van der Waals surface area contributed by atoms with E-state index in [1.807, 2.05) is 42.5 Å². The molecular formula is C36H46N4O4. The summed E-state index contributed by atoms with van der Waals surface area (Å²) in [6.07, 6.45) is 12.7. The molecule has 0 bridgehead atoms. The van der Waals surface area contributed by atoms with Crippen molar-refractivity contribution in [1.82, 2.24) is 15.5 Å². The van der Waals surface area contributed by atoms with Crippen LogP contribution in [0.25, 0.3) is 0 Å². The Morgan fingerprint density at radius 1 is 0.977 bits per heavy atom. The maximum absolute atomic E-state index is 13.8. The van der Waals surface area contributed by atoms with Crippen LogP contribution in [-0.2, 0) is 38.4 Å². The zero-order valence-electron chi connectivity index (χ0n) is 25.7. The second-order valence-electron chi connectivity index (χ2n) is 13.1. The van der Waals surface area contributed by atoms with Crippen LogP contribution in [0.5, 0.6) is 0 Å². The van der Waals surface area contributed by atoms with Gasteiger partial charge in [0, 0.05) is 44.5 Å². The number of nitrogens with one attached hydrogen (secondary N) is 3. The van der Waals surface area contributed by atoms with Gasteiger partial charge in [-0.2, -0.15) is 0 Å². The fourth-order valence-electron chi connectivity index (χ4n) is 7.49. The third kappa shape index (κ3) is 7.24. The summed E-state index contributed by atoms with van der Waals surface area (Å²) in [6, 6.07) is 15.4. The minimum Gasteiger partial charge on any atom is -0.381 e. The number of carbonyl (C=O) groups is 3. The highest BCUT2D eigenvalue weighted by Crippen LogP contribution is 2.36. The fraction of sp³-hybridized carbons (Fsp3) is 0.528. The van der Waals surface area contributed by atoms with Gasteiger partial charge in [0.2, 0.25) is 17.7 Å². The van der Waals surface area contributed by atoms with Crippen LogP contribution in [0.15, 0.2) is 60.7 Å². The van der Waals surface area contributed by atoms with Crippen molar-refractivity contribution in [2.45, 2.75) is 76.3 Å². The largest absolute Gasteiger partial charge is 0.381 e. The van der Waals surface area contributed by atoms with E-state index in [4.69, 9.17) is 4.74 Å². The highest BCUT2D eigenvalue weighted by atomic mass is 16.5. The average Bonchev–Trinajstić information content (AvgIpc) is 3.04. The van der Waals surface area contributed by atoms with Gasteiger partial charge < -0.3 is 20.7 Å². The lowest BCUT2D eigenvalue weighted by molar-refractivity contribution is -0.140. The number of benzene rings is 2. The molecule has 2 aromatic carbocycles. The Balaban J connectivity index is 1.16. The minimum absolute atomic E-state index is 0.0160. The van der Waals surface area contributed by atoms with Gasteiger partial charge in [0.1, 0.15) is 6.04 Å². The Bertz CT molecular complexity index is 1350. The number of piperidine rings is 1. The van der Waals surface area contributed by atoms with Crippen LogP contribution >= 0.6 is 0 Å². The molecule has 0 radical (unpaired) electrons. The molecule has 0 unspecified atom stereocenters. The topological polar surface area (TPSA) is 99.8 Å². The van der Waals surface area contributed by atoms with E-state index >= 15 is 0 Å². The predicted octanol–water partition coefficient (Wildman–Crippen LogP) is 4.18. The summed E-state index contributed by atoms with van der Waals surface area (Å²) >= 11 is 0. The Kier molecular flexibility index (Phi) is 9.77. The molecule has 4 aliphatic rings. The van der Waals surface area contributed by atoms with E-state index < -0.39 is 11.5 Å². The molecule has 1 spiro atoms. The summed E-state index contributed by atoms with van der Waals surface area (Å²) in [5.41, 5.74) is 4.04. The van der Waals surface area contributed by atoms with Crippen molar-refractivity contribution in [3.63, 3.8) is 0 Å². The van der Waals surface area contributed by atoms with Gasteiger partial charge in [0.05, 0.1) is 12.0 Å². The summed E-state index contributed by atoms with van der Waals surface area (Å²) in [7, 11) is 0. The second kappa shape index (κ2) is 14.1. The van der Waals surface area contributed by atoms with Gasteiger partial charge in [0.15, 0.2) is 0 Å². The number of anilines is 1. The van der Waals surface area contributed by atoms with E-state index in [0.29, 0.717) is 45.4 Å². The maximum atomic E-state index is 13.8. The zero-order valence-corrected chi connectivity index (χ0v) is 25.7. The number of ether oxygens (including phenoxy) is 1. The minimum atomic E-state index is -0.658. The lowest BCUT2D eigenvalue weighted by atomic mass is 9.75. The first-order chi connectivity index (χ1) is 21.5. The molecule has 2 aromatic rings. The number of rotatable bonds is 5. The van der Waals surface area contributed by atoms with Crippen molar-refractivity contribution in [1.29, 1.82) is 0 Å². The van der Waals surface area contributed by atoms with Crippen molar-refractivity contribution in [2.75, 3.05) is 38.2 Å². The summed E-state index contributed by atoms with van der Waals surface area (Å²) in [4.78, 5) is 43.0. The number of aryl methyl sites for hydroxylation is 1. The average molecular weight is 599 g/mol. The van der Waals surface area contributed by atoms with Gasteiger partial charge in [-0.05, 0) is 86.5 Å². The number of nitrogens with zero attached hydrogens (tertiary/aromatic N) is 1. The van der Waals surface area contributed by atoms with Gasteiger partial charge in [-0.15, -0.1) is 0 Å². The van der Waals surface area contributed by atoms with E-state index in [-0.39, 0.29) is 29.7 Å². The van der Waals surface area contributed by atoms with E-state index in [1.165, 1.54) is 24.0 Å². The van der Waals surface area contributed by atoms with Crippen LogP contribution in [-0.4, -0.2) is 67.6 Å². The molecule has 6 rings (SSSR count). The molecule has 234 valence electrons. The smallest absolute Gasteiger partial charge is 0.243 e.